The maximum absolute atomic E-state index is 13.4. The van der Waals surface area contributed by atoms with Gasteiger partial charge in [0.15, 0.2) is 0 Å². The van der Waals surface area contributed by atoms with Crippen molar-refractivity contribution in [2.45, 2.75) is 24.8 Å². The topological polar surface area (TPSA) is 55.6 Å². The first-order valence-corrected chi connectivity index (χ1v) is 7.09. The van der Waals surface area contributed by atoms with E-state index in [9.17, 15) is 13.6 Å². The van der Waals surface area contributed by atoms with E-state index in [-0.39, 0.29) is 12.6 Å². The van der Waals surface area contributed by atoms with E-state index in [1.165, 1.54) is 4.90 Å². The fraction of sp³-hybridized carbons (Fsp3) is 0.500. The molecule has 0 bridgehead atoms. The second-order valence-corrected chi connectivity index (χ2v) is 5.40. The fourth-order valence-electron chi connectivity index (χ4n) is 2.30. The van der Waals surface area contributed by atoms with E-state index in [1.807, 2.05) is 0 Å². The van der Waals surface area contributed by atoms with E-state index in [2.05, 4.69) is 0 Å². The highest BCUT2D eigenvalue weighted by Gasteiger charge is 2.44. The number of carbonyl (C=O) groups is 1. The molecule has 0 spiro atoms. The molecule has 2 rings (SSSR count). The van der Waals surface area contributed by atoms with Crippen LogP contribution in [0.3, 0.4) is 0 Å². The molecule has 7 heteroatoms. The van der Waals surface area contributed by atoms with Gasteiger partial charge >= 0.3 is 5.92 Å². The predicted octanol–water partition coefficient (Wildman–Crippen LogP) is 2.30. The van der Waals surface area contributed by atoms with E-state index >= 15 is 0 Å². The maximum Gasteiger partial charge on any atom is 0.336 e. The van der Waals surface area contributed by atoms with E-state index in [1.54, 1.807) is 24.3 Å². The van der Waals surface area contributed by atoms with E-state index in [0.29, 0.717) is 30.2 Å². The molecule has 4 nitrogen and oxygen atoms in total. The predicted molar refractivity (Wildman–Crippen MR) is 75.7 cm³/mol. The van der Waals surface area contributed by atoms with Gasteiger partial charge in [0, 0.05) is 11.6 Å². The van der Waals surface area contributed by atoms with Gasteiger partial charge in [0.05, 0.1) is 12.6 Å². The van der Waals surface area contributed by atoms with Gasteiger partial charge in [-0.25, -0.2) is 0 Å². The van der Waals surface area contributed by atoms with Gasteiger partial charge in [-0.1, -0.05) is 11.6 Å². The van der Waals surface area contributed by atoms with Gasteiger partial charge in [0.25, 0.3) is 5.91 Å². The van der Waals surface area contributed by atoms with Gasteiger partial charge in [0.2, 0.25) is 0 Å². The first-order valence-electron chi connectivity index (χ1n) is 6.71. The first kappa shape index (κ1) is 16.0. The number of carbonyl (C=O) groups excluding carboxylic acids is 1. The Balaban J connectivity index is 1.96. The summed E-state index contributed by atoms with van der Waals surface area (Å²) in [7, 11) is 0. The fourth-order valence-corrected chi connectivity index (χ4v) is 2.42. The van der Waals surface area contributed by atoms with Crippen molar-refractivity contribution in [3.05, 3.63) is 29.3 Å². The van der Waals surface area contributed by atoms with E-state index in [0.717, 1.165) is 0 Å². The molecule has 1 aromatic carbocycles. The molecule has 1 amide bonds. The van der Waals surface area contributed by atoms with Crippen LogP contribution in [0.4, 0.5) is 8.78 Å². The summed E-state index contributed by atoms with van der Waals surface area (Å²) in [5.74, 6) is -4.14. The van der Waals surface area contributed by atoms with Crippen LogP contribution in [0.2, 0.25) is 5.02 Å². The Kier molecular flexibility index (Phi) is 5.00. The number of hydrogen-bond donors (Lipinski definition) is 1. The summed E-state index contributed by atoms with van der Waals surface area (Å²) in [6, 6.07) is 6.38. The highest BCUT2D eigenvalue weighted by Crippen LogP contribution is 2.25. The number of nitrogens with two attached hydrogens (primary N) is 1. The summed E-state index contributed by atoms with van der Waals surface area (Å²) in [6.45, 7) is -0.496. The Hall–Kier alpha value is -1.40. The minimum atomic E-state index is -3.51. The summed E-state index contributed by atoms with van der Waals surface area (Å²) in [4.78, 5) is 13.0. The van der Waals surface area contributed by atoms with Crippen LogP contribution in [-0.2, 0) is 4.79 Å². The Morgan fingerprint density at radius 2 is 2.10 bits per heavy atom. The Labute approximate surface area is 126 Å². The number of halogens is 3. The molecule has 0 aliphatic carbocycles. The van der Waals surface area contributed by atoms with Crippen LogP contribution in [0.5, 0.6) is 5.75 Å². The highest BCUT2D eigenvalue weighted by molar-refractivity contribution is 6.30. The molecule has 0 saturated carbocycles. The van der Waals surface area contributed by atoms with Crippen molar-refractivity contribution < 1.29 is 18.3 Å². The molecule has 0 radical (unpaired) electrons. The van der Waals surface area contributed by atoms with Crippen molar-refractivity contribution in [2.75, 3.05) is 19.7 Å². The van der Waals surface area contributed by atoms with Crippen LogP contribution in [0.15, 0.2) is 24.3 Å². The molecule has 2 N–H and O–H groups in total. The van der Waals surface area contributed by atoms with Crippen molar-refractivity contribution in [2.24, 2.45) is 5.73 Å². The van der Waals surface area contributed by atoms with Gasteiger partial charge in [-0.05, 0) is 37.1 Å². The quantitative estimate of drug-likeness (QED) is 0.906. The molecule has 1 saturated heterocycles. The average Bonchev–Trinajstić information content (AvgIpc) is 2.94. The molecule has 1 aliphatic heterocycles. The molecule has 116 valence electrons. The van der Waals surface area contributed by atoms with Crippen LogP contribution >= 0.6 is 11.6 Å². The van der Waals surface area contributed by atoms with Gasteiger partial charge in [-0.2, -0.15) is 8.78 Å². The number of likely N-dealkylation sites (tertiary alicyclic amines) is 1. The lowest BCUT2D eigenvalue weighted by atomic mass is 10.2. The number of benzene rings is 1. The zero-order valence-electron chi connectivity index (χ0n) is 11.4. The second-order valence-electron chi connectivity index (χ2n) is 4.97. The van der Waals surface area contributed by atoms with Crippen LogP contribution in [0.1, 0.15) is 12.8 Å². The molecule has 1 fully saturated rings. The smallest absolute Gasteiger partial charge is 0.336 e. The minimum Gasteiger partial charge on any atom is -0.491 e. The van der Waals surface area contributed by atoms with Gasteiger partial charge in [0.1, 0.15) is 12.4 Å². The molecule has 1 aliphatic rings. The summed E-state index contributed by atoms with van der Waals surface area (Å²) < 4.78 is 32.4. The highest BCUT2D eigenvalue weighted by atomic mass is 35.5. The van der Waals surface area contributed by atoms with E-state index < -0.39 is 18.4 Å². The first-order chi connectivity index (χ1) is 9.94. The van der Waals surface area contributed by atoms with Crippen LogP contribution in [0, 0.1) is 0 Å². The average molecular weight is 319 g/mol. The molecular weight excluding hydrogens is 302 g/mol. The molecule has 1 aromatic rings. The summed E-state index contributed by atoms with van der Waals surface area (Å²) in [6.07, 6.45) is 1.32. The maximum atomic E-state index is 13.4. The normalized spacial score (nSPS) is 18.9. The summed E-state index contributed by atoms with van der Waals surface area (Å²) in [5.41, 5.74) is 4.96. The third kappa shape index (κ3) is 3.83. The number of rotatable bonds is 5. The zero-order valence-corrected chi connectivity index (χ0v) is 12.2. The number of ether oxygens (including phenoxy) is 1. The molecule has 1 atom stereocenters. The third-order valence-corrected chi connectivity index (χ3v) is 3.72. The summed E-state index contributed by atoms with van der Waals surface area (Å²) in [5, 5.41) is 0.586. The lowest BCUT2D eigenvalue weighted by molar-refractivity contribution is -0.157. The van der Waals surface area contributed by atoms with Crippen LogP contribution in [0.25, 0.3) is 0 Å². The van der Waals surface area contributed by atoms with Crippen molar-refractivity contribution >= 4 is 17.5 Å². The SMILES string of the molecule is NCC(F)(F)C(=O)N1CCC[C@H]1COc1ccc(Cl)cc1. The number of amides is 1. The van der Waals surface area contributed by atoms with Crippen LogP contribution in [-0.4, -0.2) is 42.5 Å². The summed E-state index contributed by atoms with van der Waals surface area (Å²) >= 11 is 5.77. The Bertz CT molecular complexity index is 496. The molecular formula is C14H17ClF2N2O2. The molecule has 21 heavy (non-hydrogen) atoms. The number of alkyl halides is 2. The number of nitrogens with zero attached hydrogens (tertiary/aromatic N) is 1. The lowest BCUT2D eigenvalue weighted by Crippen LogP contribution is -2.50. The van der Waals surface area contributed by atoms with Crippen molar-refractivity contribution in [1.82, 2.24) is 4.90 Å². The second kappa shape index (κ2) is 6.58. The van der Waals surface area contributed by atoms with E-state index in [4.69, 9.17) is 22.1 Å². The van der Waals surface area contributed by atoms with Gasteiger partial charge in [-0.3, -0.25) is 4.79 Å². The van der Waals surface area contributed by atoms with Gasteiger partial charge in [-0.15, -0.1) is 0 Å². The van der Waals surface area contributed by atoms with Gasteiger partial charge < -0.3 is 15.4 Å². The standard InChI is InChI=1S/C14H17ClF2N2O2/c15-10-3-5-12(6-4-10)21-8-11-2-1-7-19(11)13(20)14(16,17)9-18/h3-6,11H,1-2,7-9,18H2/t11-/m0/s1. The molecule has 1 heterocycles. The third-order valence-electron chi connectivity index (χ3n) is 3.46. The largest absolute Gasteiger partial charge is 0.491 e. The Morgan fingerprint density at radius 3 is 2.71 bits per heavy atom. The van der Waals surface area contributed by atoms with Crippen molar-refractivity contribution in [3.8, 4) is 5.75 Å². The zero-order chi connectivity index (χ0) is 15.5. The number of hydrogen-bond acceptors (Lipinski definition) is 3. The van der Waals surface area contributed by atoms with Crippen molar-refractivity contribution in [3.63, 3.8) is 0 Å². The lowest BCUT2D eigenvalue weighted by Gasteiger charge is -2.28. The Morgan fingerprint density at radius 1 is 1.43 bits per heavy atom. The molecule has 0 aromatic heterocycles. The minimum absolute atomic E-state index is 0.175. The molecule has 0 unspecified atom stereocenters. The monoisotopic (exact) mass is 318 g/mol. The van der Waals surface area contributed by atoms with Crippen molar-refractivity contribution in [1.29, 1.82) is 0 Å². The van der Waals surface area contributed by atoms with Crippen LogP contribution < -0.4 is 10.5 Å².